The zero-order chi connectivity index (χ0) is 21.8. The van der Waals surface area contributed by atoms with Gasteiger partial charge in [0.1, 0.15) is 17.1 Å². The molecule has 1 heterocycles. The van der Waals surface area contributed by atoms with E-state index in [4.69, 9.17) is 9.52 Å². The molecule has 3 N–H and O–H groups in total. The van der Waals surface area contributed by atoms with Crippen LogP contribution in [-0.2, 0) is 6.42 Å². The molecular weight excluding hydrogens is 374 g/mol. The quantitative estimate of drug-likeness (QED) is 0.213. The van der Waals surface area contributed by atoms with Crippen molar-refractivity contribution in [1.29, 1.82) is 0 Å². The Balaban J connectivity index is 2.81. The van der Waals surface area contributed by atoms with E-state index >= 15 is 0 Å². The first-order valence-electron chi connectivity index (χ1n) is 9.65. The van der Waals surface area contributed by atoms with E-state index in [1.165, 1.54) is 12.3 Å². The van der Waals surface area contributed by atoms with Gasteiger partial charge in [-0.25, -0.2) is 9.59 Å². The molecule has 158 valence electrons. The molecule has 0 saturated carbocycles. The third-order valence-corrected chi connectivity index (χ3v) is 4.23. The highest BCUT2D eigenvalue weighted by Crippen LogP contribution is 2.20. The number of ketones is 1. The van der Waals surface area contributed by atoms with E-state index in [2.05, 4.69) is 12.2 Å². The lowest BCUT2D eigenvalue weighted by atomic mass is 10.0. The summed E-state index contributed by atoms with van der Waals surface area (Å²) in [6.45, 7) is 5.69. The van der Waals surface area contributed by atoms with E-state index in [9.17, 15) is 19.5 Å². The van der Waals surface area contributed by atoms with Crippen LogP contribution in [0.2, 0.25) is 0 Å². The first-order valence-corrected chi connectivity index (χ1v) is 9.65. The zero-order valence-electron chi connectivity index (χ0n) is 17.2. The number of amides is 1. The van der Waals surface area contributed by atoms with Gasteiger partial charge in [0.15, 0.2) is 5.78 Å². The van der Waals surface area contributed by atoms with Crippen molar-refractivity contribution in [3.05, 3.63) is 63.4 Å². The van der Waals surface area contributed by atoms with E-state index in [1.807, 2.05) is 13.0 Å². The molecule has 0 fully saturated rings. The van der Waals surface area contributed by atoms with Crippen molar-refractivity contribution in [2.45, 2.75) is 59.3 Å². The van der Waals surface area contributed by atoms with Gasteiger partial charge >= 0.3 is 11.7 Å². The van der Waals surface area contributed by atoms with E-state index in [-0.39, 0.29) is 11.3 Å². The minimum absolute atomic E-state index is 0.264. The summed E-state index contributed by atoms with van der Waals surface area (Å²) >= 11 is 0. The van der Waals surface area contributed by atoms with Gasteiger partial charge in [0, 0.05) is 18.7 Å². The third kappa shape index (κ3) is 8.64. The number of rotatable bonds is 11. The molecule has 1 aromatic heterocycles. The number of carbonyl (C=O) groups excluding carboxylic acids is 1. The largest absolute Gasteiger partial charge is 0.507 e. The summed E-state index contributed by atoms with van der Waals surface area (Å²) < 4.78 is 5.17. The molecule has 0 aliphatic carbocycles. The number of unbranched alkanes of at least 4 members (excludes halogenated alkanes) is 2. The van der Waals surface area contributed by atoms with Crippen LogP contribution in [-0.4, -0.2) is 22.1 Å². The number of hydrogen-bond donors (Lipinski definition) is 3. The lowest BCUT2D eigenvalue weighted by Gasteiger charge is -2.05. The number of aromatic hydroxyl groups is 1. The van der Waals surface area contributed by atoms with Gasteiger partial charge in [-0.05, 0) is 45.1 Å². The van der Waals surface area contributed by atoms with Crippen LogP contribution in [0.4, 0.5) is 4.79 Å². The van der Waals surface area contributed by atoms with Crippen molar-refractivity contribution in [2.24, 2.45) is 0 Å². The monoisotopic (exact) mass is 403 g/mol. The predicted molar refractivity (Wildman–Crippen MR) is 111 cm³/mol. The second-order valence-electron chi connectivity index (χ2n) is 6.80. The Hall–Kier alpha value is -3.09. The van der Waals surface area contributed by atoms with E-state index in [1.54, 1.807) is 19.1 Å². The maximum Gasteiger partial charge on any atom is 0.408 e. The van der Waals surface area contributed by atoms with Crippen LogP contribution in [0.15, 0.2) is 50.9 Å². The molecule has 0 bridgehead atoms. The minimum atomic E-state index is -1.15. The van der Waals surface area contributed by atoms with Gasteiger partial charge in [-0.1, -0.05) is 37.1 Å². The van der Waals surface area contributed by atoms with Gasteiger partial charge in [0.25, 0.3) is 0 Å². The molecule has 0 aliphatic rings. The standard InChI is InChI=1S/C22H29NO6/c1-4-5-9-15(2)11-12-16(3)20(25)19-18(24)14-17(29-21(19)26)10-7-6-8-13-23-22(27)28/h8,11-14,23-24H,4-7,9-10H2,1-3H3,(H,27,28)/b13-8+,15-11+,16-12+. The second kappa shape index (κ2) is 12.4. The lowest BCUT2D eigenvalue weighted by Crippen LogP contribution is -2.16. The number of carbonyl (C=O) groups is 2. The molecule has 7 nitrogen and oxygen atoms in total. The summed E-state index contributed by atoms with van der Waals surface area (Å²) in [5.41, 5.74) is 0.241. The van der Waals surface area contributed by atoms with Gasteiger partial charge in [-0.3, -0.25) is 10.1 Å². The van der Waals surface area contributed by atoms with E-state index in [0.29, 0.717) is 24.8 Å². The lowest BCUT2D eigenvalue weighted by molar-refractivity contribution is 0.102. The Morgan fingerprint density at radius 2 is 1.93 bits per heavy atom. The van der Waals surface area contributed by atoms with Crippen LogP contribution in [0.1, 0.15) is 69.0 Å². The summed E-state index contributed by atoms with van der Waals surface area (Å²) in [7, 11) is 0. The minimum Gasteiger partial charge on any atom is -0.507 e. The van der Waals surface area contributed by atoms with Crippen LogP contribution in [0.5, 0.6) is 5.75 Å². The average Bonchev–Trinajstić information content (AvgIpc) is 2.66. The molecule has 1 rings (SSSR count). The molecule has 0 saturated heterocycles. The van der Waals surface area contributed by atoms with Gasteiger partial charge in [-0.2, -0.15) is 0 Å². The SMILES string of the molecule is CCCC/C(C)=C/C=C(\C)C(=O)c1c(O)cc(CCC/C=C/NC(=O)O)oc1=O. The maximum atomic E-state index is 12.5. The molecule has 0 radical (unpaired) electrons. The van der Waals surface area contributed by atoms with Gasteiger partial charge in [0.05, 0.1) is 0 Å². The highest BCUT2D eigenvalue weighted by atomic mass is 16.4. The first kappa shape index (κ1) is 23.9. The van der Waals surface area contributed by atoms with Crippen LogP contribution < -0.4 is 10.9 Å². The van der Waals surface area contributed by atoms with Gasteiger partial charge in [0.2, 0.25) is 0 Å². The van der Waals surface area contributed by atoms with Crippen LogP contribution in [0.25, 0.3) is 0 Å². The molecule has 7 heteroatoms. The van der Waals surface area contributed by atoms with Crippen molar-refractivity contribution in [3.8, 4) is 5.75 Å². The normalized spacial score (nSPS) is 12.4. The summed E-state index contributed by atoms with van der Waals surface area (Å²) in [5, 5.41) is 20.7. The van der Waals surface area contributed by atoms with Crippen LogP contribution in [0.3, 0.4) is 0 Å². The highest BCUT2D eigenvalue weighted by Gasteiger charge is 2.20. The zero-order valence-corrected chi connectivity index (χ0v) is 17.2. The van der Waals surface area contributed by atoms with Gasteiger partial charge in [-0.15, -0.1) is 0 Å². The van der Waals surface area contributed by atoms with Crippen molar-refractivity contribution in [1.82, 2.24) is 5.32 Å². The topological polar surface area (TPSA) is 117 Å². The molecule has 1 aromatic rings. The summed E-state index contributed by atoms with van der Waals surface area (Å²) in [6.07, 6.45) is 9.89. The Labute approximate surface area is 170 Å². The fraction of sp³-hybridized carbons (Fsp3) is 0.409. The average molecular weight is 403 g/mol. The molecule has 0 aromatic carbocycles. The smallest absolute Gasteiger partial charge is 0.408 e. The van der Waals surface area contributed by atoms with Gasteiger partial charge < -0.3 is 14.6 Å². The molecule has 1 amide bonds. The molecular formula is C22H29NO6. The first-order chi connectivity index (χ1) is 13.8. The summed E-state index contributed by atoms with van der Waals surface area (Å²) in [5.74, 6) is -0.700. The molecule has 29 heavy (non-hydrogen) atoms. The summed E-state index contributed by atoms with van der Waals surface area (Å²) in [6, 6.07) is 1.28. The highest BCUT2D eigenvalue weighted by molar-refractivity contribution is 6.09. The fourth-order valence-electron chi connectivity index (χ4n) is 2.55. The summed E-state index contributed by atoms with van der Waals surface area (Å²) in [4.78, 5) is 35.1. The number of hydrogen-bond acceptors (Lipinski definition) is 5. The maximum absolute atomic E-state index is 12.5. The van der Waals surface area contributed by atoms with E-state index < -0.39 is 23.3 Å². The van der Waals surface area contributed by atoms with Crippen LogP contribution >= 0.6 is 0 Å². The Bertz CT molecular complexity index is 861. The molecule has 0 unspecified atom stereocenters. The number of allylic oxidation sites excluding steroid dienone is 5. The number of Topliss-reactive ketones (excluding diaryl/α,β-unsaturated/α-hetero) is 1. The number of aryl methyl sites for hydroxylation is 1. The van der Waals surface area contributed by atoms with Crippen molar-refractivity contribution in [2.75, 3.05) is 0 Å². The number of nitrogens with one attached hydrogen (secondary N) is 1. The Kier molecular flexibility index (Phi) is 10.2. The third-order valence-electron chi connectivity index (χ3n) is 4.23. The Morgan fingerprint density at radius 3 is 2.55 bits per heavy atom. The molecule has 0 aliphatic heterocycles. The van der Waals surface area contributed by atoms with E-state index in [0.717, 1.165) is 24.8 Å². The molecule has 0 atom stereocenters. The Morgan fingerprint density at radius 1 is 1.21 bits per heavy atom. The van der Waals surface area contributed by atoms with Crippen molar-refractivity contribution >= 4 is 11.9 Å². The number of carboxylic acid groups (broad SMARTS) is 1. The van der Waals surface area contributed by atoms with Crippen molar-refractivity contribution in [3.63, 3.8) is 0 Å². The predicted octanol–water partition coefficient (Wildman–Crippen LogP) is 4.71. The van der Waals surface area contributed by atoms with Crippen LogP contribution in [0, 0.1) is 0 Å². The second-order valence-corrected chi connectivity index (χ2v) is 6.80. The fourth-order valence-corrected chi connectivity index (χ4v) is 2.55. The van der Waals surface area contributed by atoms with Crippen molar-refractivity contribution < 1.29 is 24.2 Å². The molecule has 0 spiro atoms.